The van der Waals surface area contributed by atoms with E-state index in [-0.39, 0.29) is 18.2 Å². The predicted octanol–water partition coefficient (Wildman–Crippen LogP) is 3.77. The Morgan fingerprint density at radius 3 is 2.96 bits per heavy atom. The smallest absolute Gasteiger partial charge is 0.258 e. The second kappa shape index (κ2) is 6.41. The summed E-state index contributed by atoms with van der Waals surface area (Å²) in [5, 5.41) is 3.48. The van der Waals surface area contributed by atoms with E-state index in [4.69, 9.17) is 9.47 Å². The number of benzene rings is 2. The standard InChI is InChI=1S/C21H22N2O3/c1-4-9-23-20(22-17-8-6-5-7-15(17)21(23)24)16-12-18-14(10-13(2)26-18)11-19(16)25-3/h4-8,11-13,20,22H,1,9-10H2,2-3H3/t13-,20+/m1/s1. The lowest BCUT2D eigenvalue weighted by Crippen LogP contribution is -2.43. The number of rotatable bonds is 4. The molecule has 0 aliphatic carbocycles. The van der Waals surface area contributed by atoms with Gasteiger partial charge in [-0.2, -0.15) is 0 Å². The number of para-hydroxylation sites is 1. The summed E-state index contributed by atoms with van der Waals surface area (Å²) in [5.74, 6) is 1.58. The number of fused-ring (bicyclic) bond motifs is 2. The predicted molar refractivity (Wildman–Crippen MR) is 101 cm³/mol. The third-order valence-corrected chi connectivity index (χ3v) is 4.89. The quantitative estimate of drug-likeness (QED) is 0.853. The molecule has 134 valence electrons. The normalized spacial score (nSPS) is 20.7. The van der Waals surface area contributed by atoms with E-state index in [9.17, 15) is 4.79 Å². The van der Waals surface area contributed by atoms with Gasteiger partial charge in [0.15, 0.2) is 0 Å². The van der Waals surface area contributed by atoms with Crippen LogP contribution in [0, 0.1) is 0 Å². The second-order valence-corrected chi connectivity index (χ2v) is 6.67. The first-order valence-corrected chi connectivity index (χ1v) is 8.77. The van der Waals surface area contributed by atoms with E-state index < -0.39 is 0 Å². The van der Waals surface area contributed by atoms with Gasteiger partial charge >= 0.3 is 0 Å². The van der Waals surface area contributed by atoms with Crippen molar-refractivity contribution in [3.05, 3.63) is 65.7 Å². The Kier molecular flexibility index (Phi) is 4.07. The summed E-state index contributed by atoms with van der Waals surface area (Å²) in [5.41, 5.74) is 3.50. The highest BCUT2D eigenvalue weighted by molar-refractivity contribution is 6.01. The van der Waals surface area contributed by atoms with Gasteiger partial charge in [-0.25, -0.2) is 0 Å². The van der Waals surface area contributed by atoms with Crippen molar-refractivity contribution in [3.8, 4) is 11.5 Å². The van der Waals surface area contributed by atoms with Crippen LogP contribution in [-0.2, 0) is 6.42 Å². The topological polar surface area (TPSA) is 50.8 Å². The maximum absolute atomic E-state index is 13.0. The maximum Gasteiger partial charge on any atom is 0.258 e. The van der Waals surface area contributed by atoms with Crippen LogP contribution in [0.1, 0.15) is 34.6 Å². The van der Waals surface area contributed by atoms with Crippen molar-refractivity contribution in [3.63, 3.8) is 0 Å². The number of amides is 1. The Morgan fingerprint density at radius 1 is 1.38 bits per heavy atom. The Morgan fingerprint density at radius 2 is 2.19 bits per heavy atom. The SMILES string of the molecule is C=CCN1C(=O)c2ccccc2N[C@@H]1c1cc2c(cc1OC)C[C@@H](C)O2. The minimum absolute atomic E-state index is 0.0268. The highest BCUT2D eigenvalue weighted by Gasteiger charge is 2.35. The van der Waals surface area contributed by atoms with Crippen LogP contribution < -0.4 is 14.8 Å². The molecule has 2 aliphatic rings. The molecule has 5 nitrogen and oxygen atoms in total. The first-order valence-electron chi connectivity index (χ1n) is 8.77. The molecule has 2 aliphatic heterocycles. The van der Waals surface area contributed by atoms with Crippen LogP contribution >= 0.6 is 0 Å². The number of ether oxygens (including phenoxy) is 2. The molecule has 2 atom stereocenters. The van der Waals surface area contributed by atoms with Gasteiger partial charge in [0.1, 0.15) is 23.8 Å². The molecule has 0 saturated carbocycles. The molecule has 0 saturated heterocycles. The molecule has 0 bridgehead atoms. The van der Waals surface area contributed by atoms with E-state index in [0.717, 1.165) is 34.7 Å². The minimum Gasteiger partial charge on any atom is -0.496 e. The number of carbonyl (C=O) groups excluding carboxylic acids is 1. The van der Waals surface area contributed by atoms with Gasteiger partial charge < -0.3 is 19.7 Å². The van der Waals surface area contributed by atoms with Crippen LogP contribution in [0.25, 0.3) is 0 Å². The second-order valence-electron chi connectivity index (χ2n) is 6.67. The molecular formula is C21H22N2O3. The van der Waals surface area contributed by atoms with Crippen molar-refractivity contribution in [2.45, 2.75) is 25.6 Å². The molecule has 4 rings (SSSR count). The van der Waals surface area contributed by atoms with E-state index in [0.29, 0.717) is 12.1 Å². The molecule has 0 unspecified atom stereocenters. The van der Waals surface area contributed by atoms with Crippen molar-refractivity contribution in [1.82, 2.24) is 4.90 Å². The molecule has 2 aromatic rings. The van der Waals surface area contributed by atoms with Crippen molar-refractivity contribution in [2.75, 3.05) is 19.0 Å². The maximum atomic E-state index is 13.0. The summed E-state index contributed by atoms with van der Waals surface area (Å²) in [6.45, 7) is 6.29. The Balaban J connectivity index is 1.82. The van der Waals surface area contributed by atoms with E-state index in [2.05, 4.69) is 18.8 Å². The molecule has 5 heteroatoms. The van der Waals surface area contributed by atoms with Crippen LogP contribution in [0.2, 0.25) is 0 Å². The summed E-state index contributed by atoms with van der Waals surface area (Å²) in [4.78, 5) is 14.8. The molecule has 0 aromatic heterocycles. The van der Waals surface area contributed by atoms with E-state index in [1.54, 1.807) is 18.1 Å². The van der Waals surface area contributed by atoms with Crippen LogP contribution in [0.15, 0.2) is 49.1 Å². The van der Waals surface area contributed by atoms with Gasteiger partial charge in [0.05, 0.1) is 12.7 Å². The summed E-state index contributed by atoms with van der Waals surface area (Å²) in [6.07, 6.45) is 2.40. The lowest BCUT2D eigenvalue weighted by atomic mass is 10.00. The molecule has 1 amide bonds. The molecule has 2 aromatic carbocycles. The number of anilines is 1. The molecule has 0 spiro atoms. The van der Waals surface area contributed by atoms with E-state index >= 15 is 0 Å². The highest BCUT2D eigenvalue weighted by Crippen LogP contribution is 2.41. The molecular weight excluding hydrogens is 328 g/mol. The fourth-order valence-electron chi connectivity index (χ4n) is 3.71. The van der Waals surface area contributed by atoms with Crippen molar-refractivity contribution in [1.29, 1.82) is 0 Å². The first-order chi connectivity index (χ1) is 12.6. The number of methoxy groups -OCH3 is 1. The minimum atomic E-state index is -0.352. The largest absolute Gasteiger partial charge is 0.496 e. The molecule has 2 heterocycles. The van der Waals surface area contributed by atoms with Crippen LogP contribution in [-0.4, -0.2) is 30.6 Å². The zero-order valence-corrected chi connectivity index (χ0v) is 15.0. The molecule has 1 N–H and O–H groups in total. The van der Waals surface area contributed by atoms with E-state index in [1.807, 2.05) is 36.4 Å². The summed E-state index contributed by atoms with van der Waals surface area (Å²) in [7, 11) is 1.65. The Labute approximate surface area is 153 Å². The van der Waals surface area contributed by atoms with Gasteiger partial charge in [0.2, 0.25) is 0 Å². The summed E-state index contributed by atoms with van der Waals surface area (Å²) >= 11 is 0. The zero-order valence-electron chi connectivity index (χ0n) is 15.0. The lowest BCUT2D eigenvalue weighted by Gasteiger charge is -2.38. The Hall–Kier alpha value is -2.95. The third kappa shape index (κ3) is 2.60. The number of carbonyl (C=O) groups is 1. The van der Waals surface area contributed by atoms with Crippen molar-refractivity contribution in [2.24, 2.45) is 0 Å². The summed E-state index contributed by atoms with van der Waals surface area (Å²) in [6, 6.07) is 11.6. The zero-order chi connectivity index (χ0) is 18.3. The van der Waals surface area contributed by atoms with Crippen LogP contribution in [0.3, 0.4) is 0 Å². The Bertz CT molecular complexity index is 878. The number of hydrogen-bond donors (Lipinski definition) is 1. The van der Waals surface area contributed by atoms with Gasteiger partial charge in [0, 0.05) is 29.8 Å². The average molecular weight is 350 g/mol. The number of hydrogen-bond acceptors (Lipinski definition) is 4. The number of nitrogens with zero attached hydrogens (tertiary/aromatic N) is 1. The highest BCUT2D eigenvalue weighted by atomic mass is 16.5. The molecule has 0 radical (unpaired) electrons. The van der Waals surface area contributed by atoms with Gasteiger partial charge in [-0.15, -0.1) is 6.58 Å². The van der Waals surface area contributed by atoms with Gasteiger partial charge in [0.25, 0.3) is 5.91 Å². The van der Waals surface area contributed by atoms with Crippen molar-refractivity contribution >= 4 is 11.6 Å². The number of nitrogens with one attached hydrogen (secondary N) is 1. The third-order valence-electron chi connectivity index (χ3n) is 4.89. The van der Waals surface area contributed by atoms with Gasteiger partial charge in [-0.3, -0.25) is 4.79 Å². The summed E-state index contributed by atoms with van der Waals surface area (Å²) < 4.78 is 11.6. The van der Waals surface area contributed by atoms with Crippen LogP contribution in [0.5, 0.6) is 11.5 Å². The molecule has 0 fully saturated rings. The van der Waals surface area contributed by atoms with Crippen LogP contribution in [0.4, 0.5) is 5.69 Å². The fraction of sp³-hybridized carbons (Fsp3) is 0.286. The van der Waals surface area contributed by atoms with Gasteiger partial charge in [-0.05, 0) is 31.2 Å². The van der Waals surface area contributed by atoms with Crippen molar-refractivity contribution < 1.29 is 14.3 Å². The van der Waals surface area contributed by atoms with Gasteiger partial charge in [-0.1, -0.05) is 18.2 Å². The average Bonchev–Trinajstić information content (AvgIpc) is 3.01. The molecule has 26 heavy (non-hydrogen) atoms. The van der Waals surface area contributed by atoms with E-state index in [1.165, 1.54) is 0 Å². The lowest BCUT2D eigenvalue weighted by molar-refractivity contribution is 0.0705. The monoisotopic (exact) mass is 350 g/mol. The fourth-order valence-corrected chi connectivity index (χ4v) is 3.71. The first kappa shape index (κ1) is 16.5.